The van der Waals surface area contributed by atoms with Crippen LogP contribution in [0.3, 0.4) is 0 Å². The summed E-state index contributed by atoms with van der Waals surface area (Å²) in [6.07, 6.45) is 1.64. The van der Waals surface area contributed by atoms with E-state index in [0.717, 1.165) is 49.4 Å². The fourth-order valence-corrected chi connectivity index (χ4v) is 2.52. The number of rotatable bonds is 3. The first-order chi connectivity index (χ1) is 9.31. The number of likely N-dealkylation sites (tertiary alicyclic amines) is 1. The number of piperidine rings is 1. The summed E-state index contributed by atoms with van der Waals surface area (Å²) < 4.78 is 0. The molecule has 0 saturated carbocycles. The molecule has 2 N–H and O–H groups in total. The molecule has 100 valence electrons. The summed E-state index contributed by atoms with van der Waals surface area (Å²) in [5, 5.41) is 17.0. The Morgan fingerprint density at radius 3 is 2.68 bits per heavy atom. The molecule has 4 heteroatoms. The van der Waals surface area contributed by atoms with Gasteiger partial charge in [-0.2, -0.15) is 5.10 Å². The molecule has 0 unspecified atom stereocenters. The molecule has 1 saturated heterocycles. The van der Waals surface area contributed by atoms with Crippen molar-refractivity contribution in [2.45, 2.75) is 25.5 Å². The van der Waals surface area contributed by atoms with Crippen LogP contribution >= 0.6 is 0 Å². The summed E-state index contributed by atoms with van der Waals surface area (Å²) in [5.41, 5.74) is 3.27. The van der Waals surface area contributed by atoms with Gasteiger partial charge in [0.25, 0.3) is 0 Å². The number of nitrogens with one attached hydrogen (secondary N) is 1. The number of hydrogen-bond acceptors (Lipinski definition) is 3. The molecule has 1 aromatic carbocycles. The number of hydrogen-bond donors (Lipinski definition) is 2. The molecule has 1 aliphatic rings. The van der Waals surface area contributed by atoms with Gasteiger partial charge >= 0.3 is 0 Å². The van der Waals surface area contributed by atoms with Gasteiger partial charge in [-0.3, -0.25) is 10.00 Å². The first kappa shape index (κ1) is 12.4. The average Bonchev–Trinajstić information content (AvgIpc) is 2.91. The second-order valence-electron chi connectivity index (χ2n) is 5.15. The van der Waals surface area contributed by atoms with Crippen LogP contribution in [-0.4, -0.2) is 39.4 Å². The van der Waals surface area contributed by atoms with Gasteiger partial charge in [0.2, 0.25) is 0 Å². The molecule has 1 fully saturated rings. The fourth-order valence-electron chi connectivity index (χ4n) is 2.52. The van der Waals surface area contributed by atoms with E-state index < -0.39 is 0 Å². The Morgan fingerprint density at radius 2 is 1.95 bits per heavy atom. The Kier molecular flexibility index (Phi) is 3.62. The second kappa shape index (κ2) is 5.55. The van der Waals surface area contributed by atoms with Gasteiger partial charge < -0.3 is 5.11 Å². The van der Waals surface area contributed by atoms with Gasteiger partial charge in [0, 0.05) is 30.9 Å². The van der Waals surface area contributed by atoms with E-state index in [1.807, 2.05) is 18.2 Å². The molecule has 4 nitrogen and oxygen atoms in total. The van der Waals surface area contributed by atoms with Crippen molar-refractivity contribution in [2.75, 3.05) is 13.1 Å². The van der Waals surface area contributed by atoms with Crippen LogP contribution in [0.1, 0.15) is 18.5 Å². The topological polar surface area (TPSA) is 52.1 Å². The number of aliphatic hydroxyl groups is 1. The summed E-state index contributed by atoms with van der Waals surface area (Å²) in [4.78, 5) is 2.36. The number of aromatic amines is 1. The zero-order valence-corrected chi connectivity index (χ0v) is 10.9. The maximum atomic E-state index is 9.50. The average molecular weight is 257 g/mol. The van der Waals surface area contributed by atoms with Gasteiger partial charge in [-0.25, -0.2) is 0 Å². The van der Waals surface area contributed by atoms with Gasteiger partial charge in [-0.15, -0.1) is 0 Å². The Balaban J connectivity index is 1.65. The SMILES string of the molecule is OC1CCN(Cc2cc(-c3ccccc3)n[nH]2)CC1. The minimum atomic E-state index is -0.113. The molecule has 2 heterocycles. The van der Waals surface area contributed by atoms with E-state index >= 15 is 0 Å². The van der Waals surface area contributed by atoms with E-state index in [2.05, 4.69) is 33.3 Å². The van der Waals surface area contributed by atoms with Gasteiger partial charge in [-0.05, 0) is 18.9 Å². The number of aromatic nitrogens is 2. The van der Waals surface area contributed by atoms with Crippen molar-refractivity contribution in [2.24, 2.45) is 0 Å². The molecule has 1 aliphatic heterocycles. The highest BCUT2D eigenvalue weighted by atomic mass is 16.3. The van der Waals surface area contributed by atoms with Gasteiger partial charge in [0.15, 0.2) is 0 Å². The van der Waals surface area contributed by atoms with Crippen molar-refractivity contribution in [1.82, 2.24) is 15.1 Å². The van der Waals surface area contributed by atoms with Crippen LogP contribution in [0.2, 0.25) is 0 Å². The Bertz CT molecular complexity index is 515. The highest BCUT2D eigenvalue weighted by Gasteiger charge is 2.17. The quantitative estimate of drug-likeness (QED) is 0.884. The molecular formula is C15H19N3O. The van der Waals surface area contributed by atoms with Crippen LogP contribution in [0.5, 0.6) is 0 Å². The van der Waals surface area contributed by atoms with E-state index in [1.165, 1.54) is 0 Å². The Morgan fingerprint density at radius 1 is 1.21 bits per heavy atom. The molecule has 0 amide bonds. The molecule has 1 aromatic heterocycles. The number of H-pyrrole nitrogens is 1. The molecule has 0 atom stereocenters. The van der Waals surface area contributed by atoms with E-state index in [4.69, 9.17) is 0 Å². The normalized spacial score (nSPS) is 17.7. The van der Waals surface area contributed by atoms with Crippen LogP contribution in [0, 0.1) is 0 Å². The van der Waals surface area contributed by atoms with Crippen LogP contribution < -0.4 is 0 Å². The van der Waals surface area contributed by atoms with E-state index in [1.54, 1.807) is 0 Å². The van der Waals surface area contributed by atoms with Crippen molar-refractivity contribution >= 4 is 0 Å². The molecule has 0 aliphatic carbocycles. The maximum absolute atomic E-state index is 9.50. The molecule has 0 spiro atoms. The third-order valence-electron chi connectivity index (χ3n) is 3.65. The second-order valence-corrected chi connectivity index (χ2v) is 5.15. The highest BCUT2D eigenvalue weighted by molar-refractivity contribution is 5.58. The predicted octanol–water partition coefficient (Wildman–Crippen LogP) is 2.03. The van der Waals surface area contributed by atoms with Gasteiger partial charge in [0.05, 0.1) is 11.8 Å². The number of nitrogens with zero attached hydrogens (tertiary/aromatic N) is 2. The van der Waals surface area contributed by atoms with Crippen molar-refractivity contribution in [3.63, 3.8) is 0 Å². The van der Waals surface area contributed by atoms with Crippen LogP contribution in [0.25, 0.3) is 11.3 Å². The van der Waals surface area contributed by atoms with Crippen LogP contribution in [0.4, 0.5) is 0 Å². The highest BCUT2D eigenvalue weighted by Crippen LogP contribution is 2.19. The summed E-state index contributed by atoms with van der Waals surface area (Å²) in [6, 6.07) is 12.3. The van der Waals surface area contributed by atoms with E-state index in [0.29, 0.717) is 0 Å². The van der Waals surface area contributed by atoms with E-state index in [-0.39, 0.29) is 6.10 Å². The van der Waals surface area contributed by atoms with Gasteiger partial charge in [-0.1, -0.05) is 30.3 Å². The summed E-state index contributed by atoms with van der Waals surface area (Å²) in [5.74, 6) is 0. The molecule has 3 rings (SSSR count). The fraction of sp³-hybridized carbons (Fsp3) is 0.400. The smallest absolute Gasteiger partial charge is 0.0924 e. The van der Waals surface area contributed by atoms with Crippen molar-refractivity contribution in [1.29, 1.82) is 0 Å². The third kappa shape index (κ3) is 3.03. The molecule has 2 aromatic rings. The van der Waals surface area contributed by atoms with Crippen LogP contribution in [0.15, 0.2) is 36.4 Å². The minimum absolute atomic E-state index is 0.113. The lowest BCUT2D eigenvalue weighted by molar-refractivity contribution is 0.0786. The Hall–Kier alpha value is -1.65. The summed E-state index contributed by atoms with van der Waals surface area (Å²) in [6.45, 7) is 2.80. The first-order valence-electron chi connectivity index (χ1n) is 6.81. The van der Waals surface area contributed by atoms with E-state index in [9.17, 15) is 5.11 Å². The standard InChI is InChI=1S/C15H19N3O/c19-14-6-8-18(9-7-14)11-13-10-15(17-16-13)12-4-2-1-3-5-12/h1-5,10,14,19H,6-9,11H2,(H,16,17). The summed E-state index contributed by atoms with van der Waals surface area (Å²) in [7, 11) is 0. The largest absolute Gasteiger partial charge is 0.393 e. The number of aliphatic hydroxyl groups excluding tert-OH is 1. The predicted molar refractivity (Wildman–Crippen MR) is 74.5 cm³/mol. The zero-order valence-electron chi connectivity index (χ0n) is 10.9. The maximum Gasteiger partial charge on any atom is 0.0924 e. The first-order valence-corrected chi connectivity index (χ1v) is 6.81. The molecule has 0 bridgehead atoms. The lowest BCUT2D eigenvalue weighted by Gasteiger charge is -2.28. The minimum Gasteiger partial charge on any atom is -0.393 e. The van der Waals surface area contributed by atoms with Crippen molar-refractivity contribution < 1.29 is 5.11 Å². The summed E-state index contributed by atoms with van der Waals surface area (Å²) >= 11 is 0. The third-order valence-corrected chi connectivity index (χ3v) is 3.65. The van der Waals surface area contributed by atoms with Crippen LogP contribution in [-0.2, 0) is 6.54 Å². The number of benzene rings is 1. The van der Waals surface area contributed by atoms with Crippen molar-refractivity contribution in [3.05, 3.63) is 42.1 Å². The van der Waals surface area contributed by atoms with Crippen molar-refractivity contribution in [3.8, 4) is 11.3 Å². The lowest BCUT2D eigenvalue weighted by Crippen LogP contribution is -2.35. The Labute approximate surface area is 113 Å². The molecule has 19 heavy (non-hydrogen) atoms. The molecular weight excluding hydrogens is 238 g/mol. The van der Waals surface area contributed by atoms with Gasteiger partial charge in [0.1, 0.15) is 0 Å². The molecule has 0 radical (unpaired) electrons. The monoisotopic (exact) mass is 257 g/mol. The lowest BCUT2D eigenvalue weighted by atomic mass is 10.1. The zero-order chi connectivity index (χ0) is 13.1.